The van der Waals surface area contributed by atoms with Crippen molar-refractivity contribution in [3.05, 3.63) is 35.9 Å². The summed E-state index contributed by atoms with van der Waals surface area (Å²) >= 11 is 0. The van der Waals surface area contributed by atoms with Crippen molar-refractivity contribution in [3.63, 3.8) is 0 Å². The molecule has 1 atom stereocenters. The summed E-state index contributed by atoms with van der Waals surface area (Å²) in [4.78, 5) is 10.4. The van der Waals surface area contributed by atoms with Crippen LogP contribution in [-0.2, 0) is 14.3 Å². The number of hydrogen-bond acceptors (Lipinski definition) is 3. The maximum atomic E-state index is 10.4. The van der Waals surface area contributed by atoms with Crippen LogP contribution in [0.3, 0.4) is 0 Å². The van der Waals surface area contributed by atoms with Crippen molar-refractivity contribution >= 4 is 6.47 Å². The zero-order valence-electron chi connectivity index (χ0n) is 9.59. The summed E-state index contributed by atoms with van der Waals surface area (Å²) in [5, 5.41) is 0. The van der Waals surface area contributed by atoms with Crippen molar-refractivity contribution in [2.45, 2.75) is 32.5 Å². The number of benzene rings is 1. The standard InChI is InChI=1S/C13H18O3/c1-2-3-7-10-15-13(16-11-14)12-8-5-4-6-9-12/h4-6,8-9,11,13H,2-3,7,10H2,1H3. The second kappa shape index (κ2) is 7.88. The molecule has 1 aromatic rings. The zero-order chi connectivity index (χ0) is 11.6. The topological polar surface area (TPSA) is 35.5 Å². The maximum Gasteiger partial charge on any atom is 0.295 e. The fourth-order valence-electron chi connectivity index (χ4n) is 1.42. The number of hydrogen-bond donors (Lipinski definition) is 0. The summed E-state index contributed by atoms with van der Waals surface area (Å²) < 4.78 is 10.4. The Bertz CT molecular complexity index is 284. The largest absolute Gasteiger partial charge is 0.433 e. The Morgan fingerprint density at radius 2 is 2.00 bits per heavy atom. The Balaban J connectivity index is 2.44. The highest BCUT2D eigenvalue weighted by molar-refractivity contribution is 5.38. The minimum absolute atomic E-state index is 0.428. The van der Waals surface area contributed by atoms with E-state index in [1.54, 1.807) is 0 Å². The molecule has 3 nitrogen and oxygen atoms in total. The lowest BCUT2D eigenvalue weighted by atomic mass is 10.2. The van der Waals surface area contributed by atoms with Crippen molar-refractivity contribution in [1.82, 2.24) is 0 Å². The van der Waals surface area contributed by atoms with E-state index in [9.17, 15) is 4.79 Å². The van der Waals surface area contributed by atoms with Gasteiger partial charge in [0, 0.05) is 5.56 Å². The molecule has 0 radical (unpaired) electrons. The highest BCUT2D eigenvalue weighted by atomic mass is 16.7. The van der Waals surface area contributed by atoms with E-state index < -0.39 is 6.29 Å². The van der Waals surface area contributed by atoms with Crippen LogP contribution in [0.25, 0.3) is 0 Å². The molecule has 0 N–H and O–H groups in total. The van der Waals surface area contributed by atoms with Crippen molar-refractivity contribution in [2.75, 3.05) is 6.61 Å². The van der Waals surface area contributed by atoms with Gasteiger partial charge in [-0.05, 0) is 6.42 Å². The van der Waals surface area contributed by atoms with E-state index >= 15 is 0 Å². The molecule has 0 aromatic heterocycles. The average molecular weight is 222 g/mol. The third kappa shape index (κ3) is 4.45. The van der Waals surface area contributed by atoms with E-state index in [1.165, 1.54) is 0 Å². The Hall–Kier alpha value is -1.35. The highest BCUT2D eigenvalue weighted by Gasteiger charge is 2.11. The first-order valence-corrected chi connectivity index (χ1v) is 5.64. The third-order valence-electron chi connectivity index (χ3n) is 2.27. The molecule has 1 aromatic carbocycles. The Labute approximate surface area is 96.4 Å². The molecule has 0 aliphatic rings. The summed E-state index contributed by atoms with van der Waals surface area (Å²) in [6, 6.07) is 9.47. The summed E-state index contributed by atoms with van der Waals surface area (Å²) in [6.07, 6.45) is 2.69. The van der Waals surface area contributed by atoms with Gasteiger partial charge in [-0.25, -0.2) is 0 Å². The molecular formula is C13H18O3. The van der Waals surface area contributed by atoms with E-state index in [-0.39, 0.29) is 0 Å². The molecule has 0 aliphatic heterocycles. The fourth-order valence-corrected chi connectivity index (χ4v) is 1.42. The van der Waals surface area contributed by atoms with Crippen LogP contribution in [-0.4, -0.2) is 13.1 Å². The first kappa shape index (κ1) is 12.7. The minimum Gasteiger partial charge on any atom is -0.433 e. The molecule has 0 saturated carbocycles. The average Bonchev–Trinajstić information content (AvgIpc) is 2.34. The molecule has 3 heteroatoms. The highest BCUT2D eigenvalue weighted by Crippen LogP contribution is 2.18. The lowest BCUT2D eigenvalue weighted by molar-refractivity contribution is -0.166. The summed E-state index contributed by atoms with van der Waals surface area (Å²) in [7, 11) is 0. The van der Waals surface area contributed by atoms with E-state index in [0.717, 1.165) is 24.8 Å². The van der Waals surface area contributed by atoms with E-state index in [4.69, 9.17) is 9.47 Å². The van der Waals surface area contributed by atoms with Crippen LogP contribution in [0.2, 0.25) is 0 Å². The van der Waals surface area contributed by atoms with Crippen LogP contribution in [0.5, 0.6) is 0 Å². The van der Waals surface area contributed by atoms with Gasteiger partial charge in [0.15, 0.2) is 0 Å². The Morgan fingerprint density at radius 3 is 2.62 bits per heavy atom. The molecule has 88 valence electrons. The van der Waals surface area contributed by atoms with Crippen LogP contribution in [0.15, 0.2) is 30.3 Å². The molecule has 0 saturated heterocycles. The van der Waals surface area contributed by atoms with Crippen molar-refractivity contribution in [2.24, 2.45) is 0 Å². The van der Waals surface area contributed by atoms with Crippen LogP contribution in [0, 0.1) is 0 Å². The lowest BCUT2D eigenvalue weighted by Gasteiger charge is -2.15. The first-order valence-electron chi connectivity index (χ1n) is 5.64. The SMILES string of the molecule is CCCCCOC(OC=O)c1ccccc1. The molecule has 0 spiro atoms. The van der Waals surface area contributed by atoms with Gasteiger partial charge in [-0.15, -0.1) is 0 Å². The second-order valence-electron chi connectivity index (χ2n) is 3.55. The Morgan fingerprint density at radius 1 is 1.25 bits per heavy atom. The molecule has 0 amide bonds. The van der Waals surface area contributed by atoms with Crippen LogP contribution < -0.4 is 0 Å². The predicted octanol–water partition coefficient (Wildman–Crippen LogP) is 3.07. The summed E-state index contributed by atoms with van der Waals surface area (Å²) in [5.41, 5.74) is 0.867. The van der Waals surface area contributed by atoms with Crippen LogP contribution >= 0.6 is 0 Å². The van der Waals surface area contributed by atoms with Gasteiger partial charge < -0.3 is 9.47 Å². The number of ether oxygens (including phenoxy) is 2. The normalized spacial score (nSPS) is 12.1. The molecule has 1 rings (SSSR count). The third-order valence-corrected chi connectivity index (χ3v) is 2.27. The lowest BCUT2D eigenvalue weighted by Crippen LogP contribution is -2.09. The minimum atomic E-state index is -0.574. The molecule has 1 unspecified atom stereocenters. The van der Waals surface area contributed by atoms with Crippen molar-refractivity contribution < 1.29 is 14.3 Å². The van der Waals surface area contributed by atoms with Gasteiger partial charge in [-0.1, -0.05) is 50.1 Å². The molecule has 0 heterocycles. The number of unbranched alkanes of at least 4 members (excludes halogenated alkanes) is 2. The number of carbonyl (C=O) groups excluding carboxylic acids is 1. The van der Waals surface area contributed by atoms with E-state index in [2.05, 4.69) is 6.92 Å². The van der Waals surface area contributed by atoms with Gasteiger partial charge in [0.1, 0.15) is 0 Å². The molecule has 16 heavy (non-hydrogen) atoms. The smallest absolute Gasteiger partial charge is 0.295 e. The first-order chi connectivity index (χ1) is 7.88. The summed E-state index contributed by atoms with van der Waals surface area (Å²) in [6.45, 7) is 3.18. The van der Waals surface area contributed by atoms with Gasteiger partial charge in [0.25, 0.3) is 6.47 Å². The molecule has 0 aliphatic carbocycles. The van der Waals surface area contributed by atoms with Gasteiger partial charge in [0.05, 0.1) is 6.61 Å². The fraction of sp³-hybridized carbons (Fsp3) is 0.462. The molecule has 0 bridgehead atoms. The van der Waals surface area contributed by atoms with E-state index in [1.807, 2.05) is 30.3 Å². The van der Waals surface area contributed by atoms with Crippen LogP contribution in [0.1, 0.15) is 38.0 Å². The van der Waals surface area contributed by atoms with Gasteiger partial charge >= 0.3 is 0 Å². The molecular weight excluding hydrogens is 204 g/mol. The quantitative estimate of drug-likeness (QED) is 0.385. The number of carbonyl (C=O) groups is 1. The maximum absolute atomic E-state index is 10.4. The van der Waals surface area contributed by atoms with Crippen molar-refractivity contribution in [3.8, 4) is 0 Å². The van der Waals surface area contributed by atoms with Gasteiger partial charge in [0.2, 0.25) is 6.29 Å². The van der Waals surface area contributed by atoms with Crippen LogP contribution in [0.4, 0.5) is 0 Å². The Kier molecular flexibility index (Phi) is 6.26. The second-order valence-corrected chi connectivity index (χ2v) is 3.55. The molecule has 0 fully saturated rings. The summed E-state index contributed by atoms with van der Waals surface area (Å²) in [5.74, 6) is 0. The van der Waals surface area contributed by atoms with Crippen molar-refractivity contribution in [1.29, 1.82) is 0 Å². The zero-order valence-corrected chi connectivity index (χ0v) is 9.59. The monoisotopic (exact) mass is 222 g/mol. The van der Waals surface area contributed by atoms with E-state index in [0.29, 0.717) is 13.1 Å². The predicted molar refractivity (Wildman–Crippen MR) is 61.8 cm³/mol. The number of rotatable bonds is 8. The van der Waals surface area contributed by atoms with Gasteiger partial charge in [-0.3, -0.25) is 4.79 Å². The van der Waals surface area contributed by atoms with Gasteiger partial charge in [-0.2, -0.15) is 0 Å².